The number of ether oxygens (including phenoxy) is 2. The Morgan fingerprint density at radius 3 is 2.48 bits per heavy atom. The van der Waals surface area contributed by atoms with E-state index in [0.29, 0.717) is 21.9 Å². The molecule has 0 unspecified atom stereocenters. The molecule has 0 saturated carbocycles. The minimum absolute atomic E-state index is 0.00668. The number of esters is 1. The van der Waals surface area contributed by atoms with Crippen LogP contribution in [0.4, 0.5) is 5.69 Å². The Hall–Kier alpha value is -3.77. The van der Waals surface area contributed by atoms with Crippen molar-refractivity contribution in [2.75, 3.05) is 18.7 Å². The van der Waals surface area contributed by atoms with Gasteiger partial charge in [-0.05, 0) is 48.9 Å². The van der Waals surface area contributed by atoms with Crippen LogP contribution in [-0.2, 0) is 16.0 Å². The molecule has 3 aromatic rings. The molecule has 1 radical (unpaired) electrons. The minimum Gasteiger partial charge on any atom is -0.493 e. The molecule has 3 aromatic carbocycles. The van der Waals surface area contributed by atoms with E-state index in [2.05, 4.69) is 12.2 Å². The van der Waals surface area contributed by atoms with Gasteiger partial charge >= 0.3 is 5.97 Å². The van der Waals surface area contributed by atoms with Crippen molar-refractivity contribution in [2.45, 2.75) is 6.42 Å². The lowest BCUT2D eigenvalue weighted by Crippen LogP contribution is -2.15. The van der Waals surface area contributed by atoms with Crippen molar-refractivity contribution in [3.8, 4) is 5.75 Å². The van der Waals surface area contributed by atoms with Gasteiger partial charge in [0.1, 0.15) is 11.6 Å². The molecule has 33 heavy (non-hydrogen) atoms. The molecule has 0 aliphatic rings. The number of carbonyl (C=O) groups is 1. The summed E-state index contributed by atoms with van der Waals surface area (Å²) in [6.07, 6.45) is 3.84. The average Bonchev–Trinajstić information content (AvgIpc) is 2.80. The molecule has 3 rings (SSSR count). The van der Waals surface area contributed by atoms with Crippen LogP contribution in [0.3, 0.4) is 0 Å². The molecule has 6 nitrogen and oxygen atoms in total. The monoisotopic (exact) mass is 462 g/mol. The molecule has 0 fully saturated rings. The van der Waals surface area contributed by atoms with Gasteiger partial charge in [-0.25, -0.2) is 0 Å². The number of carbonyl (C=O) groups excluding carboxylic acids is 1. The highest BCUT2D eigenvalue weighted by molar-refractivity contribution is 6.31. The van der Waals surface area contributed by atoms with E-state index in [0.717, 1.165) is 16.8 Å². The summed E-state index contributed by atoms with van der Waals surface area (Å²) in [6, 6.07) is 20.3. The molecular formula is C26H25ClN3O3. The maximum Gasteiger partial charge on any atom is 0.312 e. The minimum atomic E-state index is -0.433. The third-order valence-corrected chi connectivity index (χ3v) is 4.92. The number of halogens is 1. The largest absolute Gasteiger partial charge is 0.493 e. The van der Waals surface area contributed by atoms with E-state index >= 15 is 0 Å². The van der Waals surface area contributed by atoms with E-state index < -0.39 is 5.97 Å². The van der Waals surface area contributed by atoms with E-state index in [1.807, 2.05) is 42.5 Å². The third kappa shape index (κ3) is 7.12. The molecule has 0 amide bonds. The fourth-order valence-corrected chi connectivity index (χ4v) is 3.38. The van der Waals surface area contributed by atoms with Gasteiger partial charge in [0.2, 0.25) is 0 Å². The van der Waals surface area contributed by atoms with Gasteiger partial charge < -0.3 is 20.5 Å². The summed E-state index contributed by atoms with van der Waals surface area (Å²) in [4.78, 5) is 12.5. The second kappa shape index (κ2) is 11.7. The molecular weight excluding hydrogens is 438 g/mol. The van der Waals surface area contributed by atoms with Crippen LogP contribution in [0, 0.1) is 12.3 Å². The fourth-order valence-electron chi connectivity index (χ4n) is 3.13. The van der Waals surface area contributed by atoms with Crippen molar-refractivity contribution >= 4 is 41.2 Å². The number of nitrogens with two attached hydrogens (primary N) is 1. The molecule has 0 bridgehead atoms. The summed E-state index contributed by atoms with van der Waals surface area (Å²) < 4.78 is 11.1. The first kappa shape index (κ1) is 23.9. The Balaban J connectivity index is 1.67. The lowest BCUT2D eigenvalue weighted by Gasteiger charge is -2.14. The summed E-state index contributed by atoms with van der Waals surface area (Å²) in [5.41, 5.74) is 9.21. The molecule has 7 heteroatoms. The summed E-state index contributed by atoms with van der Waals surface area (Å²) in [7, 11) is 0. The number of hydrogen-bond acceptors (Lipinski definition) is 5. The number of nitrogen functional groups attached to an aromatic ring is 1. The smallest absolute Gasteiger partial charge is 0.312 e. The van der Waals surface area contributed by atoms with Crippen LogP contribution in [-0.4, -0.2) is 25.1 Å². The zero-order chi connectivity index (χ0) is 23.6. The number of amidine groups is 1. The van der Waals surface area contributed by atoms with E-state index in [-0.39, 0.29) is 25.6 Å². The Kier molecular flexibility index (Phi) is 8.49. The topological polar surface area (TPSA) is 97.4 Å². The van der Waals surface area contributed by atoms with Crippen LogP contribution in [0.15, 0.2) is 66.7 Å². The number of benzene rings is 3. The number of hydrogen-bond donors (Lipinski definition) is 3. The molecule has 0 spiro atoms. The van der Waals surface area contributed by atoms with Crippen LogP contribution >= 0.6 is 11.6 Å². The van der Waals surface area contributed by atoms with Gasteiger partial charge in [0.05, 0.1) is 13.0 Å². The Morgan fingerprint density at radius 1 is 1.09 bits per heavy atom. The van der Waals surface area contributed by atoms with Crippen molar-refractivity contribution in [2.24, 2.45) is 5.73 Å². The van der Waals surface area contributed by atoms with Crippen LogP contribution < -0.4 is 15.8 Å². The highest BCUT2D eigenvalue weighted by Crippen LogP contribution is 2.31. The SMILES string of the molecule is [CH2]COc1c(/C=C/c2ccccc2)cc(Cl)cc1CC(=O)OCNc1ccc(C(=N)N)cc1. The van der Waals surface area contributed by atoms with E-state index in [4.69, 9.17) is 32.2 Å². The molecule has 0 saturated heterocycles. The van der Waals surface area contributed by atoms with Crippen LogP contribution in [0.5, 0.6) is 5.75 Å². The highest BCUT2D eigenvalue weighted by Gasteiger charge is 2.15. The number of anilines is 1. The summed E-state index contributed by atoms with van der Waals surface area (Å²) >= 11 is 6.31. The number of rotatable bonds is 10. The summed E-state index contributed by atoms with van der Waals surface area (Å²) in [5.74, 6) is 0.108. The first-order valence-corrected chi connectivity index (χ1v) is 10.7. The van der Waals surface area contributed by atoms with Crippen molar-refractivity contribution in [3.63, 3.8) is 0 Å². The molecule has 0 aliphatic heterocycles. The quantitative estimate of drug-likeness (QED) is 0.127. The second-order valence-electron chi connectivity index (χ2n) is 7.08. The first-order valence-electron chi connectivity index (χ1n) is 10.3. The normalized spacial score (nSPS) is 10.7. The predicted molar refractivity (Wildman–Crippen MR) is 133 cm³/mol. The van der Waals surface area contributed by atoms with Gasteiger partial charge in [-0.15, -0.1) is 0 Å². The molecule has 169 valence electrons. The lowest BCUT2D eigenvalue weighted by molar-refractivity contribution is -0.142. The summed E-state index contributed by atoms with van der Waals surface area (Å²) in [5, 5.41) is 10.9. The van der Waals surface area contributed by atoms with Gasteiger partial charge in [0.25, 0.3) is 0 Å². The highest BCUT2D eigenvalue weighted by atomic mass is 35.5. The van der Waals surface area contributed by atoms with Crippen LogP contribution in [0.1, 0.15) is 22.3 Å². The fraction of sp³-hybridized carbons (Fsp3) is 0.115. The molecule has 0 aliphatic carbocycles. The van der Waals surface area contributed by atoms with Crippen LogP contribution in [0.25, 0.3) is 12.2 Å². The third-order valence-electron chi connectivity index (χ3n) is 4.70. The van der Waals surface area contributed by atoms with Crippen molar-refractivity contribution in [1.82, 2.24) is 0 Å². The van der Waals surface area contributed by atoms with Crippen molar-refractivity contribution in [3.05, 3.63) is 101 Å². The van der Waals surface area contributed by atoms with E-state index in [1.165, 1.54) is 0 Å². The zero-order valence-corrected chi connectivity index (χ0v) is 18.8. The molecule has 0 atom stereocenters. The van der Waals surface area contributed by atoms with E-state index in [9.17, 15) is 4.79 Å². The van der Waals surface area contributed by atoms with Gasteiger partial charge in [0.15, 0.2) is 6.73 Å². The number of nitrogens with one attached hydrogen (secondary N) is 2. The first-order chi connectivity index (χ1) is 16.0. The van der Waals surface area contributed by atoms with Gasteiger partial charge in [-0.3, -0.25) is 10.2 Å². The Bertz CT molecular complexity index is 1130. The predicted octanol–water partition coefficient (Wildman–Crippen LogP) is 5.16. The Morgan fingerprint density at radius 2 is 1.82 bits per heavy atom. The van der Waals surface area contributed by atoms with Crippen molar-refractivity contribution < 1.29 is 14.3 Å². The van der Waals surface area contributed by atoms with Crippen LogP contribution in [0.2, 0.25) is 5.02 Å². The van der Waals surface area contributed by atoms with Gasteiger partial charge in [-0.1, -0.05) is 54.1 Å². The van der Waals surface area contributed by atoms with Gasteiger partial charge in [0, 0.05) is 27.4 Å². The maximum atomic E-state index is 12.5. The summed E-state index contributed by atoms with van der Waals surface area (Å²) in [6.45, 7) is 3.95. The molecule has 0 aromatic heterocycles. The van der Waals surface area contributed by atoms with E-state index in [1.54, 1.807) is 36.4 Å². The lowest BCUT2D eigenvalue weighted by atomic mass is 10.0. The second-order valence-corrected chi connectivity index (χ2v) is 7.52. The van der Waals surface area contributed by atoms with Gasteiger partial charge in [-0.2, -0.15) is 0 Å². The maximum absolute atomic E-state index is 12.5. The standard InChI is InChI=1S/C26H25ClN3O3/c1-2-32-25-20(9-8-18-6-4-3-5-7-18)14-22(27)15-21(25)16-24(31)33-17-30-23-12-10-19(11-13-23)26(28)29/h3-15,30H,1-2,16-17H2,(H3,28,29)/b9-8+. The Labute approximate surface area is 198 Å². The molecule has 0 heterocycles. The average molecular weight is 463 g/mol. The van der Waals surface area contributed by atoms with Crippen molar-refractivity contribution in [1.29, 1.82) is 5.41 Å². The zero-order valence-electron chi connectivity index (χ0n) is 18.0. The molecule has 4 N–H and O–H groups in total.